The first-order valence-electron chi connectivity index (χ1n) is 10.6. The second-order valence-corrected chi connectivity index (χ2v) is 9.19. The summed E-state index contributed by atoms with van der Waals surface area (Å²) in [4.78, 5) is 24.7. The van der Waals surface area contributed by atoms with Crippen LogP contribution in [0.25, 0.3) is 0 Å². The lowest BCUT2D eigenvalue weighted by Crippen LogP contribution is -2.24. The second kappa shape index (κ2) is 11.8. The van der Waals surface area contributed by atoms with E-state index in [1.807, 2.05) is 25.1 Å². The van der Waals surface area contributed by atoms with Crippen molar-refractivity contribution in [2.24, 2.45) is 5.10 Å². The van der Waals surface area contributed by atoms with Crippen molar-refractivity contribution >= 4 is 45.6 Å². The van der Waals surface area contributed by atoms with Crippen LogP contribution in [0.5, 0.6) is 11.5 Å². The van der Waals surface area contributed by atoms with Crippen LogP contribution in [-0.4, -0.2) is 24.7 Å². The number of hydrogen-bond donors (Lipinski definition) is 1. The lowest BCUT2D eigenvalue weighted by molar-refractivity contribution is -0.123. The topological polar surface area (TPSA) is 77.0 Å². The fraction of sp³-hybridized carbons (Fsp3) is 0.192. The van der Waals surface area contributed by atoms with E-state index in [9.17, 15) is 9.59 Å². The Morgan fingerprint density at radius 3 is 2.50 bits per heavy atom. The number of esters is 1. The van der Waals surface area contributed by atoms with Gasteiger partial charge in [-0.2, -0.15) is 5.10 Å². The molecule has 1 amide bonds. The largest absolute Gasteiger partial charge is 0.483 e. The third-order valence-corrected chi connectivity index (χ3v) is 5.63. The fourth-order valence-electron chi connectivity index (χ4n) is 2.94. The number of hydrogen-bond acceptors (Lipinski definition) is 5. The van der Waals surface area contributed by atoms with Crippen LogP contribution < -0.4 is 14.9 Å². The summed E-state index contributed by atoms with van der Waals surface area (Å²) in [5.41, 5.74) is 5.37. The van der Waals surface area contributed by atoms with E-state index in [1.54, 1.807) is 42.5 Å². The van der Waals surface area contributed by atoms with Crippen molar-refractivity contribution in [2.45, 2.75) is 26.7 Å². The molecule has 0 radical (unpaired) electrons. The van der Waals surface area contributed by atoms with E-state index in [0.717, 1.165) is 15.6 Å². The molecule has 8 heteroatoms. The highest BCUT2D eigenvalue weighted by molar-refractivity contribution is 9.10. The van der Waals surface area contributed by atoms with Gasteiger partial charge in [-0.1, -0.05) is 53.5 Å². The van der Waals surface area contributed by atoms with Crippen LogP contribution in [0, 0.1) is 6.92 Å². The maximum absolute atomic E-state index is 12.5. The monoisotopic (exact) mass is 542 g/mol. The molecule has 0 atom stereocenters. The van der Waals surface area contributed by atoms with Gasteiger partial charge < -0.3 is 9.47 Å². The summed E-state index contributed by atoms with van der Waals surface area (Å²) >= 11 is 9.25. The predicted molar refractivity (Wildman–Crippen MR) is 137 cm³/mol. The SMILES string of the molecule is Cc1ccc(C(C)C)cc1OCC(=O)N/N=C\c1cc(Br)ccc1OC(=O)c1ccc(Cl)cc1. The number of aryl methyl sites for hydroxylation is 1. The molecule has 176 valence electrons. The molecular formula is C26H24BrClN2O4. The Morgan fingerprint density at radius 2 is 1.79 bits per heavy atom. The summed E-state index contributed by atoms with van der Waals surface area (Å²) in [5, 5.41) is 4.50. The summed E-state index contributed by atoms with van der Waals surface area (Å²) in [6, 6.07) is 17.4. The zero-order chi connectivity index (χ0) is 24.7. The van der Waals surface area contributed by atoms with Crippen molar-refractivity contribution in [1.29, 1.82) is 0 Å². The van der Waals surface area contributed by atoms with Crippen LogP contribution >= 0.6 is 27.5 Å². The number of carbonyl (C=O) groups is 2. The Labute approximate surface area is 212 Å². The Bertz CT molecular complexity index is 1210. The van der Waals surface area contributed by atoms with Crippen LogP contribution in [0.2, 0.25) is 5.02 Å². The lowest BCUT2D eigenvalue weighted by Gasteiger charge is -2.12. The van der Waals surface area contributed by atoms with Crippen LogP contribution in [0.1, 0.15) is 46.8 Å². The number of hydrazone groups is 1. The third-order valence-electron chi connectivity index (χ3n) is 4.88. The molecule has 0 aliphatic heterocycles. The molecule has 0 spiro atoms. The van der Waals surface area contributed by atoms with Gasteiger partial charge in [0, 0.05) is 15.1 Å². The number of ether oxygens (including phenoxy) is 2. The Hall–Kier alpha value is -3.16. The van der Waals surface area contributed by atoms with Crippen molar-refractivity contribution in [3.63, 3.8) is 0 Å². The zero-order valence-corrected chi connectivity index (χ0v) is 21.3. The molecule has 0 bridgehead atoms. The predicted octanol–water partition coefficient (Wildman–Crippen LogP) is 6.28. The van der Waals surface area contributed by atoms with Gasteiger partial charge >= 0.3 is 5.97 Å². The first kappa shape index (κ1) is 25.5. The minimum atomic E-state index is -0.537. The van der Waals surface area contributed by atoms with E-state index < -0.39 is 11.9 Å². The molecule has 0 aliphatic carbocycles. The van der Waals surface area contributed by atoms with Gasteiger partial charge in [0.05, 0.1) is 11.8 Å². The molecule has 0 aromatic heterocycles. The molecule has 3 aromatic rings. The minimum absolute atomic E-state index is 0.184. The maximum Gasteiger partial charge on any atom is 0.343 e. The Kier molecular flexibility index (Phi) is 8.85. The van der Waals surface area contributed by atoms with Gasteiger partial charge in [-0.3, -0.25) is 4.79 Å². The summed E-state index contributed by atoms with van der Waals surface area (Å²) in [6.45, 7) is 5.93. The van der Waals surface area contributed by atoms with E-state index in [0.29, 0.717) is 33.6 Å². The van der Waals surface area contributed by atoms with Crippen molar-refractivity contribution in [2.75, 3.05) is 6.61 Å². The number of rotatable bonds is 8. The van der Waals surface area contributed by atoms with Gasteiger partial charge in [0.25, 0.3) is 5.91 Å². The first-order valence-corrected chi connectivity index (χ1v) is 11.7. The normalized spacial score (nSPS) is 11.0. The van der Waals surface area contributed by atoms with Crippen LogP contribution in [0.3, 0.4) is 0 Å². The van der Waals surface area contributed by atoms with Crippen molar-refractivity contribution < 1.29 is 19.1 Å². The van der Waals surface area contributed by atoms with Crippen LogP contribution in [0.15, 0.2) is 70.2 Å². The lowest BCUT2D eigenvalue weighted by atomic mass is 10.0. The highest BCUT2D eigenvalue weighted by atomic mass is 79.9. The van der Waals surface area contributed by atoms with Crippen molar-refractivity contribution in [3.8, 4) is 11.5 Å². The number of carbonyl (C=O) groups excluding carboxylic acids is 2. The second-order valence-electron chi connectivity index (χ2n) is 7.84. The minimum Gasteiger partial charge on any atom is -0.483 e. The Morgan fingerprint density at radius 1 is 1.06 bits per heavy atom. The number of halogens is 2. The summed E-state index contributed by atoms with van der Waals surface area (Å²) in [6.07, 6.45) is 1.40. The Balaban J connectivity index is 1.62. The van der Waals surface area contributed by atoms with Gasteiger partial charge in [-0.15, -0.1) is 0 Å². The van der Waals surface area contributed by atoms with Crippen LogP contribution in [0.4, 0.5) is 0 Å². The molecule has 0 aliphatic rings. The molecule has 0 saturated heterocycles. The molecular weight excluding hydrogens is 520 g/mol. The van der Waals surface area contributed by atoms with Gasteiger partial charge in [0.1, 0.15) is 11.5 Å². The molecule has 0 unspecified atom stereocenters. The maximum atomic E-state index is 12.5. The van der Waals surface area contributed by atoms with Crippen molar-refractivity contribution in [1.82, 2.24) is 5.43 Å². The molecule has 6 nitrogen and oxygen atoms in total. The number of benzene rings is 3. The van der Waals surface area contributed by atoms with E-state index in [4.69, 9.17) is 21.1 Å². The molecule has 1 N–H and O–H groups in total. The van der Waals surface area contributed by atoms with E-state index in [1.165, 1.54) is 6.21 Å². The van der Waals surface area contributed by atoms with E-state index in [2.05, 4.69) is 40.3 Å². The van der Waals surface area contributed by atoms with Gasteiger partial charge in [0.2, 0.25) is 0 Å². The first-order chi connectivity index (χ1) is 16.2. The summed E-state index contributed by atoms with van der Waals surface area (Å²) < 4.78 is 11.9. The molecule has 0 heterocycles. The standard InChI is InChI=1S/C26H24BrClN2O4/c1-16(2)19-5-4-17(3)24(13-19)33-15-25(31)30-29-14-20-12-21(27)8-11-23(20)34-26(32)18-6-9-22(28)10-7-18/h4-14,16H,15H2,1-3H3,(H,30,31)/b29-14-. The molecule has 3 rings (SSSR count). The molecule has 0 fully saturated rings. The number of amides is 1. The average Bonchev–Trinajstić information content (AvgIpc) is 2.80. The van der Waals surface area contributed by atoms with Gasteiger partial charge in [0.15, 0.2) is 6.61 Å². The molecule has 0 saturated carbocycles. The average molecular weight is 544 g/mol. The highest BCUT2D eigenvalue weighted by Crippen LogP contribution is 2.25. The zero-order valence-electron chi connectivity index (χ0n) is 19.0. The smallest absolute Gasteiger partial charge is 0.343 e. The summed E-state index contributed by atoms with van der Waals surface area (Å²) in [7, 11) is 0. The quantitative estimate of drug-likeness (QED) is 0.157. The number of nitrogens with one attached hydrogen (secondary N) is 1. The van der Waals surface area contributed by atoms with E-state index in [-0.39, 0.29) is 6.61 Å². The third kappa shape index (κ3) is 7.17. The van der Waals surface area contributed by atoms with Gasteiger partial charge in [-0.25, -0.2) is 10.2 Å². The highest BCUT2D eigenvalue weighted by Gasteiger charge is 2.12. The molecule has 34 heavy (non-hydrogen) atoms. The van der Waals surface area contributed by atoms with Crippen molar-refractivity contribution in [3.05, 3.63) is 92.4 Å². The van der Waals surface area contributed by atoms with Crippen LogP contribution in [-0.2, 0) is 4.79 Å². The summed E-state index contributed by atoms with van der Waals surface area (Å²) in [5.74, 6) is 0.354. The molecule has 3 aromatic carbocycles. The van der Waals surface area contributed by atoms with E-state index >= 15 is 0 Å². The van der Waals surface area contributed by atoms with Gasteiger partial charge in [-0.05, 0) is 72.5 Å². The fourth-order valence-corrected chi connectivity index (χ4v) is 3.44. The number of nitrogens with zero attached hydrogens (tertiary/aromatic N) is 1.